The molecule has 19 heavy (non-hydrogen) atoms. The summed E-state index contributed by atoms with van der Waals surface area (Å²) in [6.45, 7) is 13.4. The molecule has 1 saturated carbocycles. The maximum absolute atomic E-state index is 5.24. The molecule has 0 aromatic heterocycles. The van der Waals surface area contributed by atoms with Gasteiger partial charge >= 0.3 is 0 Å². The lowest BCUT2D eigenvalue weighted by Crippen LogP contribution is -2.47. The first-order chi connectivity index (χ1) is 9.15. The van der Waals surface area contributed by atoms with Gasteiger partial charge in [0.15, 0.2) is 0 Å². The highest BCUT2D eigenvalue weighted by Crippen LogP contribution is 2.39. The quantitative estimate of drug-likeness (QED) is 0.697. The Balaban J connectivity index is 2.60. The fraction of sp³-hybridized carbons (Fsp3) is 1.00. The van der Waals surface area contributed by atoms with Crippen molar-refractivity contribution in [2.75, 3.05) is 46.4 Å². The van der Waals surface area contributed by atoms with E-state index in [0.717, 1.165) is 32.2 Å². The number of ether oxygens (including phenoxy) is 1. The molecule has 0 amide bonds. The lowest BCUT2D eigenvalue weighted by Gasteiger charge is -2.43. The molecular formula is C16H34N2O. The Hall–Kier alpha value is -0.120. The van der Waals surface area contributed by atoms with E-state index in [0.29, 0.717) is 5.41 Å². The molecule has 0 radical (unpaired) electrons. The minimum atomic E-state index is 0.484. The van der Waals surface area contributed by atoms with Crippen LogP contribution in [0.2, 0.25) is 0 Å². The molecule has 0 aromatic carbocycles. The van der Waals surface area contributed by atoms with E-state index in [2.05, 4.69) is 31.0 Å². The second-order valence-corrected chi connectivity index (χ2v) is 6.34. The summed E-state index contributed by atoms with van der Waals surface area (Å²) in [5, 5.41) is 3.61. The summed E-state index contributed by atoms with van der Waals surface area (Å²) in [6, 6.07) is 0. The van der Waals surface area contributed by atoms with Crippen LogP contribution in [0.15, 0.2) is 0 Å². The molecule has 0 aliphatic heterocycles. The molecule has 1 aliphatic rings. The van der Waals surface area contributed by atoms with E-state index in [1.54, 1.807) is 7.11 Å². The van der Waals surface area contributed by atoms with Crippen molar-refractivity contribution in [1.82, 2.24) is 10.2 Å². The summed E-state index contributed by atoms with van der Waals surface area (Å²) in [5.74, 6) is 0.883. The normalized spacial score (nSPS) is 27.9. The van der Waals surface area contributed by atoms with E-state index < -0.39 is 0 Å². The highest BCUT2D eigenvalue weighted by atomic mass is 16.5. The molecular weight excluding hydrogens is 236 g/mol. The molecule has 114 valence electrons. The predicted octanol–water partition coefficient (Wildman–Crippen LogP) is 2.76. The largest absolute Gasteiger partial charge is 0.383 e. The smallest absolute Gasteiger partial charge is 0.0589 e. The van der Waals surface area contributed by atoms with Crippen molar-refractivity contribution >= 4 is 0 Å². The Morgan fingerprint density at radius 1 is 1.37 bits per heavy atom. The highest BCUT2D eigenvalue weighted by Gasteiger charge is 2.35. The Morgan fingerprint density at radius 3 is 2.74 bits per heavy atom. The van der Waals surface area contributed by atoms with Crippen LogP contribution in [-0.2, 0) is 4.74 Å². The zero-order chi connectivity index (χ0) is 14.1. The van der Waals surface area contributed by atoms with Crippen LogP contribution in [0.1, 0.15) is 46.5 Å². The first-order valence-corrected chi connectivity index (χ1v) is 8.07. The summed E-state index contributed by atoms with van der Waals surface area (Å²) in [4.78, 5) is 2.57. The minimum absolute atomic E-state index is 0.484. The first-order valence-electron chi connectivity index (χ1n) is 8.07. The van der Waals surface area contributed by atoms with Gasteiger partial charge in [-0.3, -0.25) is 0 Å². The van der Waals surface area contributed by atoms with Gasteiger partial charge in [-0.1, -0.05) is 33.6 Å². The molecule has 0 aromatic rings. The van der Waals surface area contributed by atoms with E-state index in [9.17, 15) is 0 Å². The molecule has 0 spiro atoms. The van der Waals surface area contributed by atoms with E-state index >= 15 is 0 Å². The van der Waals surface area contributed by atoms with Gasteiger partial charge in [0.2, 0.25) is 0 Å². The van der Waals surface area contributed by atoms with Gasteiger partial charge < -0.3 is 15.0 Å². The SMILES string of the molecule is CCNCC1(CN(CC)CCOC)CCCC(C)C1. The Bertz CT molecular complexity index is 235. The molecule has 3 heteroatoms. The van der Waals surface area contributed by atoms with Gasteiger partial charge in [-0.25, -0.2) is 0 Å². The summed E-state index contributed by atoms with van der Waals surface area (Å²) >= 11 is 0. The van der Waals surface area contributed by atoms with Gasteiger partial charge in [0.05, 0.1) is 6.61 Å². The summed E-state index contributed by atoms with van der Waals surface area (Å²) in [6.07, 6.45) is 5.57. The second-order valence-electron chi connectivity index (χ2n) is 6.34. The van der Waals surface area contributed by atoms with Gasteiger partial charge in [0, 0.05) is 26.7 Å². The average Bonchev–Trinajstić information content (AvgIpc) is 2.41. The number of nitrogens with one attached hydrogen (secondary N) is 1. The van der Waals surface area contributed by atoms with Crippen molar-refractivity contribution in [3.8, 4) is 0 Å². The van der Waals surface area contributed by atoms with Crippen molar-refractivity contribution in [2.45, 2.75) is 46.5 Å². The zero-order valence-corrected chi connectivity index (χ0v) is 13.5. The summed E-state index contributed by atoms with van der Waals surface area (Å²) < 4.78 is 5.24. The molecule has 1 N–H and O–H groups in total. The monoisotopic (exact) mass is 270 g/mol. The van der Waals surface area contributed by atoms with Crippen LogP contribution in [-0.4, -0.2) is 51.3 Å². The van der Waals surface area contributed by atoms with Gasteiger partial charge in [-0.15, -0.1) is 0 Å². The van der Waals surface area contributed by atoms with Crippen LogP contribution in [0.4, 0.5) is 0 Å². The van der Waals surface area contributed by atoms with Crippen molar-refractivity contribution < 1.29 is 4.74 Å². The molecule has 0 bridgehead atoms. The third kappa shape index (κ3) is 5.80. The number of hydrogen-bond acceptors (Lipinski definition) is 3. The lowest BCUT2D eigenvalue weighted by atomic mass is 9.69. The van der Waals surface area contributed by atoms with E-state index in [1.165, 1.54) is 38.8 Å². The standard InChI is InChI=1S/C16H34N2O/c1-5-17-13-16(9-7-8-15(3)12-16)14-18(6-2)10-11-19-4/h15,17H,5-14H2,1-4H3. The summed E-state index contributed by atoms with van der Waals surface area (Å²) in [5.41, 5.74) is 0.484. The Kier molecular flexibility index (Phi) is 7.96. The van der Waals surface area contributed by atoms with Crippen molar-refractivity contribution in [3.05, 3.63) is 0 Å². The third-order valence-electron chi connectivity index (χ3n) is 4.55. The van der Waals surface area contributed by atoms with Crippen LogP contribution < -0.4 is 5.32 Å². The van der Waals surface area contributed by atoms with Crippen LogP contribution in [0.5, 0.6) is 0 Å². The van der Waals surface area contributed by atoms with Crippen LogP contribution in [0, 0.1) is 11.3 Å². The molecule has 0 saturated heterocycles. The number of hydrogen-bond donors (Lipinski definition) is 1. The van der Waals surface area contributed by atoms with Gasteiger partial charge in [-0.2, -0.15) is 0 Å². The van der Waals surface area contributed by atoms with Crippen LogP contribution in [0.25, 0.3) is 0 Å². The van der Waals surface area contributed by atoms with E-state index in [1.807, 2.05) is 0 Å². The van der Waals surface area contributed by atoms with Crippen LogP contribution in [0.3, 0.4) is 0 Å². The minimum Gasteiger partial charge on any atom is -0.383 e. The average molecular weight is 270 g/mol. The van der Waals surface area contributed by atoms with Gasteiger partial charge in [0.1, 0.15) is 0 Å². The van der Waals surface area contributed by atoms with Crippen molar-refractivity contribution in [3.63, 3.8) is 0 Å². The molecule has 0 heterocycles. The lowest BCUT2D eigenvalue weighted by molar-refractivity contribution is 0.0665. The molecule has 2 unspecified atom stereocenters. The topological polar surface area (TPSA) is 24.5 Å². The maximum atomic E-state index is 5.24. The Morgan fingerprint density at radius 2 is 2.16 bits per heavy atom. The molecule has 1 rings (SSSR count). The molecule has 1 aliphatic carbocycles. The first kappa shape index (κ1) is 16.9. The van der Waals surface area contributed by atoms with Crippen molar-refractivity contribution in [1.29, 1.82) is 0 Å². The third-order valence-corrected chi connectivity index (χ3v) is 4.55. The summed E-state index contributed by atoms with van der Waals surface area (Å²) in [7, 11) is 1.80. The second kappa shape index (κ2) is 8.93. The number of methoxy groups -OCH3 is 1. The number of nitrogens with zero attached hydrogens (tertiary/aromatic N) is 1. The fourth-order valence-electron chi connectivity index (χ4n) is 3.56. The number of likely N-dealkylation sites (N-methyl/N-ethyl adjacent to an activating group) is 1. The Labute approximate surface area is 120 Å². The van der Waals surface area contributed by atoms with E-state index in [4.69, 9.17) is 4.74 Å². The maximum Gasteiger partial charge on any atom is 0.0589 e. The van der Waals surface area contributed by atoms with Crippen LogP contribution >= 0.6 is 0 Å². The molecule has 2 atom stereocenters. The predicted molar refractivity (Wildman–Crippen MR) is 82.6 cm³/mol. The van der Waals surface area contributed by atoms with Gasteiger partial charge in [0.25, 0.3) is 0 Å². The molecule has 1 fully saturated rings. The highest BCUT2D eigenvalue weighted by molar-refractivity contribution is 4.89. The van der Waals surface area contributed by atoms with Crippen molar-refractivity contribution in [2.24, 2.45) is 11.3 Å². The van der Waals surface area contributed by atoms with Gasteiger partial charge in [-0.05, 0) is 37.3 Å². The molecule has 3 nitrogen and oxygen atoms in total. The van der Waals surface area contributed by atoms with E-state index in [-0.39, 0.29) is 0 Å². The number of rotatable bonds is 9. The fourth-order valence-corrected chi connectivity index (χ4v) is 3.56. The zero-order valence-electron chi connectivity index (χ0n) is 13.5.